The Kier molecular flexibility index (Phi) is 2.67. The van der Waals surface area contributed by atoms with E-state index in [1.807, 2.05) is 38.1 Å². The third kappa shape index (κ3) is 1.73. The van der Waals surface area contributed by atoms with Crippen LogP contribution >= 0.6 is 34.0 Å². The van der Waals surface area contributed by atoms with Crippen LogP contribution in [0, 0.1) is 13.8 Å². The Balaban J connectivity index is 1.72. The number of nitrogens with zero attached hydrogens (tertiary/aromatic N) is 4. The zero-order valence-corrected chi connectivity index (χ0v) is 18.6. The van der Waals surface area contributed by atoms with Gasteiger partial charge in [0.15, 0.2) is 5.65 Å². The van der Waals surface area contributed by atoms with Crippen molar-refractivity contribution in [3.8, 4) is 0 Å². The maximum atomic E-state index is 13.6. The molecule has 1 aromatic carbocycles. The van der Waals surface area contributed by atoms with Crippen LogP contribution in [-0.4, -0.2) is 18.8 Å². The summed E-state index contributed by atoms with van der Waals surface area (Å²) in [4.78, 5) is 40.7. The number of aryl methyl sites for hydroxylation is 2. The number of aromatic nitrogens is 4. The molecule has 31 heavy (non-hydrogen) atoms. The van der Waals surface area contributed by atoms with Crippen molar-refractivity contribution in [1.82, 2.24) is 18.8 Å². The lowest BCUT2D eigenvalue weighted by Crippen LogP contribution is -2.13. The Bertz CT molecular complexity index is 2170. The first-order valence-electron chi connectivity index (χ1n) is 9.68. The fraction of sp³-hybridized carbons (Fsp3) is 0.0909. The van der Waals surface area contributed by atoms with Crippen LogP contribution in [0.4, 0.5) is 0 Å². The number of rotatable bonds is 0. The summed E-state index contributed by atoms with van der Waals surface area (Å²) in [6.07, 6.45) is 0. The second-order valence-corrected chi connectivity index (χ2v) is 11.4. The van der Waals surface area contributed by atoms with Crippen molar-refractivity contribution in [2.24, 2.45) is 0 Å². The van der Waals surface area contributed by atoms with Crippen LogP contribution in [0.2, 0.25) is 0 Å². The van der Waals surface area contributed by atoms with E-state index in [0.29, 0.717) is 21.4 Å². The quantitative estimate of drug-likeness (QED) is 0.295. The van der Waals surface area contributed by atoms with E-state index in [0.717, 1.165) is 51.3 Å². The molecule has 0 unspecified atom stereocenters. The monoisotopic (exact) mass is 458 g/mol. The third-order valence-electron chi connectivity index (χ3n) is 6.09. The summed E-state index contributed by atoms with van der Waals surface area (Å²) in [5.41, 5.74) is 2.82. The highest BCUT2D eigenvalue weighted by Gasteiger charge is 2.25. The number of pyridine rings is 2. The van der Waals surface area contributed by atoms with Gasteiger partial charge in [-0.1, -0.05) is 0 Å². The molecule has 0 saturated heterocycles. The van der Waals surface area contributed by atoms with Gasteiger partial charge in [0.1, 0.15) is 20.0 Å². The van der Waals surface area contributed by atoms with Gasteiger partial charge in [0.25, 0.3) is 11.1 Å². The van der Waals surface area contributed by atoms with Crippen molar-refractivity contribution in [3.63, 3.8) is 0 Å². The van der Waals surface area contributed by atoms with Crippen molar-refractivity contribution in [2.75, 3.05) is 0 Å². The van der Waals surface area contributed by atoms with Crippen LogP contribution in [-0.2, 0) is 0 Å². The average Bonchev–Trinajstić information content (AvgIpc) is 3.49. The minimum Gasteiger partial charge on any atom is -0.268 e. The molecule has 0 aliphatic rings. The van der Waals surface area contributed by atoms with E-state index in [1.54, 1.807) is 31.5 Å². The predicted octanol–water partition coefficient (Wildman–Crippen LogP) is 5.15. The molecule has 0 bridgehead atoms. The van der Waals surface area contributed by atoms with E-state index in [2.05, 4.69) is 0 Å². The molecule has 8 aromatic rings. The molecule has 7 heterocycles. The molecule has 0 fully saturated rings. The molecule has 6 nitrogen and oxygen atoms in total. The van der Waals surface area contributed by atoms with Crippen LogP contribution in [0.25, 0.3) is 62.9 Å². The van der Waals surface area contributed by atoms with E-state index < -0.39 is 0 Å². The highest BCUT2D eigenvalue weighted by atomic mass is 32.1. The van der Waals surface area contributed by atoms with E-state index in [1.165, 1.54) is 11.3 Å². The third-order valence-corrected chi connectivity index (χ3v) is 9.13. The summed E-state index contributed by atoms with van der Waals surface area (Å²) in [5.74, 6) is 0. The Hall–Kier alpha value is -3.14. The first kappa shape index (κ1) is 16.5. The lowest BCUT2D eigenvalue weighted by Gasteiger charge is -2.04. The number of hydrogen-bond acceptors (Lipinski definition) is 7. The Morgan fingerprint density at radius 3 is 2.00 bits per heavy atom. The molecule has 9 heteroatoms. The zero-order chi connectivity index (χ0) is 20.8. The van der Waals surface area contributed by atoms with E-state index in [9.17, 15) is 9.59 Å². The molecule has 0 aliphatic heterocycles. The highest BCUT2D eigenvalue weighted by molar-refractivity contribution is 7.27. The smallest absolute Gasteiger partial charge is 0.268 e. The SMILES string of the molecule is Cc1cc2c(nc3c4ccc5c(=O)n6c7cc(C)sc7nc6c6sc(c(=O)n23)c4c56)s1. The fourth-order valence-corrected chi connectivity index (χ4v) is 7.86. The maximum absolute atomic E-state index is 13.6. The number of hydrogen-bond donors (Lipinski definition) is 0. The zero-order valence-electron chi connectivity index (χ0n) is 16.1. The average molecular weight is 459 g/mol. The van der Waals surface area contributed by atoms with Gasteiger partial charge in [-0.05, 0) is 38.1 Å². The molecule has 7 aromatic heterocycles. The Labute approximate surface area is 183 Å². The summed E-state index contributed by atoms with van der Waals surface area (Å²) in [6, 6.07) is 7.84. The van der Waals surface area contributed by atoms with Gasteiger partial charge >= 0.3 is 0 Å². The summed E-state index contributed by atoms with van der Waals surface area (Å²) < 4.78 is 4.97. The lowest BCUT2D eigenvalue weighted by atomic mass is 10.0. The molecular weight excluding hydrogens is 448 g/mol. The summed E-state index contributed by atoms with van der Waals surface area (Å²) >= 11 is 4.60. The molecule has 0 saturated carbocycles. The summed E-state index contributed by atoms with van der Waals surface area (Å²) in [6.45, 7) is 4.04. The molecule has 0 aliphatic carbocycles. The second-order valence-electron chi connectivity index (χ2n) is 7.92. The van der Waals surface area contributed by atoms with Gasteiger partial charge in [0, 0.05) is 31.3 Å². The van der Waals surface area contributed by atoms with Crippen molar-refractivity contribution in [1.29, 1.82) is 0 Å². The Morgan fingerprint density at radius 2 is 1.29 bits per heavy atom. The first-order valence-corrected chi connectivity index (χ1v) is 12.1. The molecular formula is C22H10N4O2S3. The predicted molar refractivity (Wildman–Crippen MR) is 129 cm³/mol. The molecule has 0 spiro atoms. The van der Waals surface area contributed by atoms with Crippen LogP contribution in [0.15, 0.2) is 33.9 Å². The minimum atomic E-state index is -0.0864. The van der Waals surface area contributed by atoms with Gasteiger partial charge in [-0.2, -0.15) is 0 Å². The van der Waals surface area contributed by atoms with Crippen molar-refractivity contribution < 1.29 is 0 Å². The molecule has 0 atom stereocenters. The topological polar surface area (TPSA) is 68.7 Å². The van der Waals surface area contributed by atoms with Crippen LogP contribution in [0.5, 0.6) is 0 Å². The van der Waals surface area contributed by atoms with Crippen LogP contribution in [0.3, 0.4) is 0 Å². The number of imidazole rings is 2. The number of benzene rings is 1. The normalized spacial score (nSPS) is 13.1. The number of thiophene rings is 3. The largest absolute Gasteiger partial charge is 0.274 e. The van der Waals surface area contributed by atoms with E-state index >= 15 is 0 Å². The first-order chi connectivity index (χ1) is 15.0. The van der Waals surface area contributed by atoms with Gasteiger partial charge in [-0.3, -0.25) is 18.4 Å². The second kappa shape index (κ2) is 5.01. The van der Waals surface area contributed by atoms with Crippen molar-refractivity contribution >= 4 is 96.9 Å². The van der Waals surface area contributed by atoms with Gasteiger partial charge in [0.2, 0.25) is 0 Å². The van der Waals surface area contributed by atoms with Crippen molar-refractivity contribution in [3.05, 3.63) is 54.7 Å². The molecule has 0 amide bonds. The van der Waals surface area contributed by atoms with Gasteiger partial charge in [0.05, 0.1) is 15.7 Å². The van der Waals surface area contributed by atoms with Gasteiger partial charge in [-0.25, -0.2) is 9.97 Å². The fourth-order valence-electron chi connectivity index (χ4n) is 4.90. The van der Waals surface area contributed by atoms with E-state index in [-0.39, 0.29) is 11.1 Å². The van der Waals surface area contributed by atoms with Gasteiger partial charge < -0.3 is 0 Å². The Morgan fingerprint density at radius 1 is 0.710 bits per heavy atom. The molecule has 0 N–H and O–H groups in total. The molecule has 0 radical (unpaired) electrons. The highest BCUT2D eigenvalue weighted by Crippen LogP contribution is 2.42. The van der Waals surface area contributed by atoms with Crippen LogP contribution < -0.4 is 11.1 Å². The minimum absolute atomic E-state index is 0.0775. The maximum Gasteiger partial charge on any atom is 0.274 e. The summed E-state index contributed by atoms with van der Waals surface area (Å²) in [7, 11) is 0. The standard InChI is InChI=1S/C22H10N4O2S3/c1-7-5-11-19(29-7)23-17-9-3-4-10-14-13(9)16(22(28)25(11)17)31-15(14)18-24-20-12(6-8(2)30-20)26(18)21(10)27/h3-6H,1-2H3. The molecule has 148 valence electrons. The summed E-state index contributed by atoms with van der Waals surface area (Å²) in [5, 5.41) is 3.21. The number of fused-ring (bicyclic) bond motifs is 8. The van der Waals surface area contributed by atoms with Crippen LogP contribution in [0.1, 0.15) is 9.75 Å². The lowest BCUT2D eigenvalue weighted by molar-refractivity contribution is 1.19. The van der Waals surface area contributed by atoms with E-state index in [4.69, 9.17) is 9.97 Å². The van der Waals surface area contributed by atoms with Gasteiger partial charge in [-0.15, -0.1) is 34.0 Å². The van der Waals surface area contributed by atoms with Crippen molar-refractivity contribution in [2.45, 2.75) is 13.8 Å². The molecule has 8 rings (SSSR count).